The van der Waals surface area contributed by atoms with Crippen molar-refractivity contribution in [3.63, 3.8) is 0 Å². The van der Waals surface area contributed by atoms with Crippen LogP contribution >= 0.6 is 24.0 Å². The second-order valence-corrected chi connectivity index (χ2v) is 5.57. The summed E-state index contributed by atoms with van der Waals surface area (Å²) in [6, 6.07) is 18.4. The van der Waals surface area contributed by atoms with Gasteiger partial charge >= 0.3 is 0 Å². The zero-order valence-electron chi connectivity index (χ0n) is 14.6. The summed E-state index contributed by atoms with van der Waals surface area (Å²) in [5.41, 5.74) is 3.35. The van der Waals surface area contributed by atoms with Gasteiger partial charge in [-0.25, -0.2) is 9.98 Å². The average molecular weight is 462 g/mol. The molecule has 0 aliphatic rings. The lowest BCUT2D eigenvalue weighted by molar-refractivity contribution is 0.816. The highest BCUT2D eigenvalue weighted by Crippen LogP contribution is 2.15. The van der Waals surface area contributed by atoms with E-state index < -0.39 is 0 Å². The molecule has 0 atom stereocenters. The number of nitrogens with one attached hydrogen (secondary N) is 3. The molecule has 3 rings (SSSR count). The number of benzene rings is 2. The first-order valence-corrected chi connectivity index (χ1v) is 8.36. The van der Waals surface area contributed by atoms with Crippen LogP contribution in [0.5, 0.6) is 0 Å². The Morgan fingerprint density at radius 1 is 1.04 bits per heavy atom. The molecular weight excluding hydrogens is 439 g/mol. The van der Waals surface area contributed by atoms with Crippen LogP contribution in [0.15, 0.2) is 65.9 Å². The number of hydrogen-bond donors (Lipinski definition) is 3. The van der Waals surface area contributed by atoms with Gasteiger partial charge in [-0.05, 0) is 24.1 Å². The number of hydrogen-bond acceptors (Lipinski definition) is 3. The van der Waals surface area contributed by atoms with Gasteiger partial charge < -0.3 is 10.6 Å². The molecular formula is C19H23IN6. The zero-order chi connectivity index (χ0) is 17.3. The van der Waals surface area contributed by atoms with Crippen LogP contribution in [0.1, 0.15) is 18.1 Å². The molecule has 26 heavy (non-hydrogen) atoms. The van der Waals surface area contributed by atoms with Crippen molar-refractivity contribution in [3.8, 4) is 11.4 Å². The summed E-state index contributed by atoms with van der Waals surface area (Å²) in [7, 11) is 0. The monoisotopic (exact) mass is 462 g/mol. The number of nitrogens with zero attached hydrogens (tertiary/aromatic N) is 3. The standard InChI is InChI=1S/C19H22N6.HI/c1-2-20-19(21-12-15-7-4-3-5-8-15)22-13-16-9-6-10-17(11-16)18-23-14-24-25-18;/h3-11,14H,2,12-13H2,1H3,(H2,20,21,22)(H,23,24,25);1H. The number of guanidine groups is 1. The number of H-pyrrole nitrogens is 1. The molecule has 6 nitrogen and oxygen atoms in total. The molecule has 3 N–H and O–H groups in total. The molecule has 0 aliphatic heterocycles. The van der Waals surface area contributed by atoms with Gasteiger partial charge in [-0.2, -0.15) is 5.10 Å². The van der Waals surface area contributed by atoms with E-state index in [2.05, 4.69) is 62.0 Å². The Hall–Kier alpha value is -2.42. The molecule has 1 heterocycles. The third-order valence-electron chi connectivity index (χ3n) is 3.68. The van der Waals surface area contributed by atoms with Gasteiger partial charge in [-0.1, -0.05) is 48.5 Å². The first-order chi connectivity index (χ1) is 12.3. The molecule has 0 saturated carbocycles. The van der Waals surface area contributed by atoms with Gasteiger partial charge in [0.15, 0.2) is 11.8 Å². The van der Waals surface area contributed by atoms with E-state index in [1.165, 1.54) is 11.9 Å². The summed E-state index contributed by atoms with van der Waals surface area (Å²) in [4.78, 5) is 8.86. The van der Waals surface area contributed by atoms with Crippen LogP contribution in [0.25, 0.3) is 11.4 Å². The van der Waals surface area contributed by atoms with Crippen LogP contribution in [0.4, 0.5) is 0 Å². The fourth-order valence-corrected chi connectivity index (χ4v) is 2.46. The first-order valence-electron chi connectivity index (χ1n) is 8.36. The molecule has 0 spiro atoms. The summed E-state index contributed by atoms with van der Waals surface area (Å²) < 4.78 is 0. The molecule has 1 aromatic heterocycles. The second kappa shape index (κ2) is 10.5. The van der Waals surface area contributed by atoms with Crippen molar-refractivity contribution in [2.45, 2.75) is 20.0 Å². The second-order valence-electron chi connectivity index (χ2n) is 5.57. The summed E-state index contributed by atoms with van der Waals surface area (Å²) in [5.74, 6) is 1.57. The fourth-order valence-electron chi connectivity index (χ4n) is 2.46. The van der Waals surface area contributed by atoms with E-state index >= 15 is 0 Å². The van der Waals surface area contributed by atoms with Gasteiger partial charge in [0.1, 0.15) is 6.33 Å². The van der Waals surface area contributed by atoms with Crippen LogP contribution in [0.2, 0.25) is 0 Å². The van der Waals surface area contributed by atoms with Crippen molar-refractivity contribution >= 4 is 29.9 Å². The molecule has 0 bridgehead atoms. The van der Waals surface area contributed by atoms with Gasteiger partial charge in [0.25, 0.3) is 0 Å². The maximum Gasteiger partial charge on any atom is 0.191 e. The van der Waals surface area contributed by atoms with Crippen LogP contribution < -0.4 is 10.6 Å². The van der Waals surface area contributed by atoms with Gasteiger partial charge in [-0.15, -0.1) is 24.0 Å². The minimum absolute atomic E-state index is 0. The highest BCUT2D eigenvalue weighted by Gasteiger charge is 2.02. The molecule has 7 heteroatoms. The smallest absolute Gasteiger partial charge is 0.191 e. The van der Waals surface area contributed by atoms with Crippen molar-refractivity contribution in [3.05, 3.63) is 72.1 Å². The normalized spacial score (nSPS) is 10.9. The quantitative estimate of drug-likeness (QED) is 0.298. The Labute approximate surface area is 170 Å². The van der Waals surface area contributed by atoms with Crippen molar-refractivity contribution in [2.24, 2.45) is 4.99 Å². The Morgan fingerprint density at radius 2 is 1.85 bits per heavy atom. The Balaban J connectivity index is 0.00000243. The molecule has 0 radical (unpaired) electrons. The van der Waals surface area contributed by atoms with E-state index in [0.29, 0.717) is 6.54 Å². The maximum absolute atomic E-state index is 4.67. The third kappa shape index (κ3) is 5.83. The summed E-state index contributed by atoms with van der Waals surface area (Å²) in [6.07, 6.45) is 1.51. The predicted molar refractivity (Wildman–Crippen MR) is 115 cm³/mol. The van der Waals surface area contributed by atoms with E-state index in [1.54, 1.807) is 0 Å². The summed E-state index contributed by atoms with van der Waals surface area (Å²) in [5, 5.41) is 13.4. The Kier molecular flexibility index (Phi) is 8.07. The molecule has 0 amide bonds. The van der Waals surface area contributed by atoms with Crippen molar-refractivity contribution in [1.29, 1.82) is 0 Å². The highest BCUT2D eigenvalue weighted by molar-refractivity contribution is 14.0. The number of rotatable bonds is 6. The molecule has 0 aliphatic carbocycles. The maximum atomic E-state index is 4.67. The Morgan fingerprint density at radius 3 is 2.58 bits per heavy atom. The van der Waals surface area contributed by atoms with Crippen LogP contribution in [-0.4, -0.2) is 27.7 Å². The van der Waals surface area contributed by atoms with Crippen molar-refractivity contribution in [1.82, 2.24) is 25.8 Å². The fraction of sp³-hybridized carbons (Fsp3) is 0.211. The molecule has 0 saturated heterocycles. The minimum atomic E-state index is 0. The number of aliphatic imine (C=N–C) groups is 1. The molecule has 0 unspecified atom stereocenters. The van der Waals surface area contributed by atoms with E-state index in [-0.39, 0.29) is 24.0 Å². The first kappa shape index (κ1) is 19.9. The number of aromatic amines is 1. The van der Waals surface area contributed by atoms with Gasteiger partial charge in [0, 0.05) is 18.7 Å². The van der Waals surface area contributed by atoms with E-state index in [0.717, 1.165) is 36.0 Å². The third-order valence-corrected chi connectivity index (χ3v) is 3.68. The molecule has 0 fully saturated rings. The van der Waals surface area contributed by atoms with E-state index in [1.807, 2.05) is 30.3 Å². The van der Waals surface area contributed by atoms with Crippen LogP contribution in [0, 0.1) is 0 Å². The predicted octanol–water partition coefficient (Wildman–Crippen LogP) is 3.35. The largest absolute Gasteiger partial charge is 0.357 e. The van der Waals surface area contributed by atoms with E-state index in [9.17, 15) is 0 Å². The topological polar surface area (TPSA) is 78.0 Å². The lowest BCUT2D eigenvalue weighted by atomic mass is 10.1. The zero-order valence-corrected chi connectivity index (χ0v) is 17.0. The van der Waals surface area contributed by atoms with Gasteiger partial charge in [-0.3, -0.25) is 5.10 Å². The van der Waals surface area contributed by atoms with Gasteiger partial charge in [0.2, 0.25) is 0 Å². The average Bonchev–Trinajstić information content (AvgIpc) is 3.20. The van der Waals surface area contributed by atoms with Crippen molar-refractivity contribution < 1.29 is 0 Å². The molecule has 136 valence electrons. The lowest BCUT2D eigenvalue weighted by Crippen LogP contribution is -2.36. The van der Waals surface area contributed by atoms with E-state index in [4.69, 9.17) is 0 Å². The minimum Gasteiger partial charge on any atom is -0.357 e. The van der Waals surface area contributed by atoms with Crippen LogP contribution in [0.3, 0.4) is 0 Å². The summed E-state index contributed by atoms with van der Waals surface area (Å²) >= 11 is 0. The van der Waals surface area contributed by atoms with Gasteiger partial charge in [0.05, 0.1) is 6.54 Å². The highest BCUT2D eigenvalue weighted by atomic mass is 127. The molecule has 3 aromatic rings. The lowest BCUT2D eigenvalue weighted by Gasteiger charge is -2.11. The van der Waals surface area contributed by atoms with Crippen molar-refractivity contribution in [2.75, 3.05) is 6.54 Å². The summed E-state index contributed by atoms with van der Waals surface area (Å²) in [6.45, 7) is 4.21. The Bertz CT molecular complexity index is 802. The van der Waals surface area contributed by atoms with Crippen LogP contribution in [-0.2, 0) is 13.1 Å². The number of aromatic nitrogens is 3. The number of halogens is 1. The molecule has 2 aromatic carbocycles. The SMILES string of the molecule is CCNC(=NCc1cccc(-c2ncn[nH]2)c1)NCc1ccccc1.I.